The predicted molar refractivity (Wildman–Crippen MR) is 153 cm³/mol. The van der Waals surface area contributed by atoms with Gasteiger partial charge in [-0.15, -0.1) is 0 Å². The third kappa shape index (κ3) is 4.58. The van der Waals surface area contributed by atoms with Crippen LogP contribution < -0.4 is 15.5 Å². The first-order chi connectivity index (χ1) is 19.9. The van der Waals surface area contributed by atoms with E-state index in [1.807, 2.05) is 24.0 Å². The number of aromatic nitrogens is 7. The summed E-state index contributed by atoms with van der Waals surface area (Å²) in [6, 6.07) is 8.31. The van der Waals surface area contributed by atoms with Crippen molar-refractivity contribution in [3.05, 3.63) is 78.4 Å². The number of benzene rings is 1. The number of hydrogen-bond acceptors (Lipinski definition) is 9. The van der Waals surface area contributed by atoms with Gasteiger partial charge in [-0.2, -0.15) is 5.10 Å². The van der Waals surface area contributed by atoms with Crippen molar-refractivity contribution in [1.29, 1.82) is 0 Å². The molecule has 0 bridgehead atoms. The van der Waals surface area contributed by atoms with Gasteiger partial charge in [0.1, 0.15) is 23.6 Å². The van der Waals surface area contributed by atoms with Gasteiger partial charge in [-0.3, -0.25) is 4.68 Å². The van der Waals surface area contributed by atoms with Crippen molar-refractivity contribution in [3.8, 4) is 11.3 Å². The van der Waals surface area contributed by atoms with Gasteiger partial charge in [-0.25, -0.2) is 24.3 Å². The van der Waals surface area contributed by atoms with Gasteiger partial charge in [-0.1, -0.05) is 12.1 Å². The molecule has 210 valence electrons. The number of nitrogens with one attached hydrogen (secondary N) is 1. The number of nitrogens with two attached hydrogens (primary N) is 1. The monoisotopic (exact) mass is 554 g/mol. The van der Waals surface area contributed by atoms with Gasteiger partial charge in [0.15, 0.2) is 0 Å². The lowest BCUT2D eigenvalue weighted by atomic mass is 9.87. The molecular weight excluding hydrogens is 523 g/mol. The molecule has 2 fully saturated rings. The van der Waals surface area contributed by atoms with Crippen molar-refractivity contribution in [3.63, 3.8) is 0 Å². The molecule has 1 aromatic carbocycles. The third-order valence-electron chi connectivity index (χ3n) is 8.40. The number of hydrogen-bond donors (Lipinski definition) is 3. The number of anilines is 2. The molecule has 3 atom stereocenters. The highest BCUT2D eigenvalue weighted by Crippen LogP contribution is 2.34. The molecule has 1 saturated heterocycles. The van der Waals surface area contributed by atoms with E-state index >= 15 is 0 Å². The second-order valence-electron chi connectivity index (χ2n) is 11.0. The van der Waals surface area contributed by atoms with Crippen molar-refractivity contribution in [2.45, 2.75) is 37.5 Å². The van der Waals surface area contributed by atoms with Crippen LogP contribution in [0.1, 0.15) is 36.9 Å². The summed E-state index contributed by atoms with van der Waals surface area (Å²) >= 11 is 0. The average molecular weight is 555 g/mol. The largest absolute Gasteiger partial charge is 0.391 e. The number of aromatic amines is 1. The van der Waals surface area contributed by atoms with Gasteiger partial charge >= 0.3 is 0 Å². The Balaban J connectivity index is 1.05. The van der Waals surface area contributed by atoms with E-state index in [4.69, 9.17) is 5.73 Å². The number of fused-ring (bicyclic) bond motifs is 1. The molecule has 0 spiro atoms. The lowest BCUT2D eigenvalue weighted by Gasteiger charge is -2.35. The maximum Gasteiger partial charge on any atom is 0.225 e. The summed E-state index contributed by atoms with van der Waals surface area (Å²) in [5.74, 6) is 1.23. The zero-order valence-electron chi connectivity index (χ0n) is 22.7. The van der Waals surface area contributed by atoms with Crippen LogP contribution in [0.4, 0.5) is 16.2 Å². The Kier molecular flexibility index (Phi) is 6.16. The summed E-state index contributed by atoms with van der Waals surface area (Å²) in [5, 5.41) is 15.4. The van der Waals surface area contributed by atoms with E-state index in [1.165, 1.54) is 12.1 Å². The van der Waals surface area contributed by atoms with Gasteiger partial charge in [0.2, 0.25) is 5.95 Å². The fourth-order valence-electron chi connectivity index (χ4n) is 5.60. The molecular formula is C29H31FN10O. The summed E-state index contributed by atoms with van der Waals surface area (Å²) in [7, 11) is 0. The Bertz CT molecular complexity index is 1670. The van der Waals surface area contributed by atoms with Crippen molar-refractivity contribution in [2.75, 3.05) is 36.0 Å². The summed E-state index contributed by atoms with van der Waals surface area (Å²) in [6.45, 7) is 4.84. The van der Waals surface area contributed by atoms with Crippen molar-refractivity contribution in [2.24, 2.45) is 5.73 Å². The quantitative estimate of drug-likeness (QED) is 0.289. The number of aliphatic hydroxyl groups is 1. The topological polar surface area (TPSA) is 138 Å². The number of H-pyrrole nitrogens is 1. The Morgan fingerprint density at radius 2 is 1.68 bits per heavy atom. The Morgan fingerprint density at radius 3 is 2.37 bits per heavy atom. The van der Waals surface area contributed by atoms with Gasteiger partial charge in [-0.05, 0) is 43.5 Å². The van der Waals surface area contributed by atoms with E-state index in [0.29, 0.717) is 5.95 Å². The zero-order chi connectivity index (χ0) is 28.1. The molecule has 4 aromatic heterocycles. The number of rotatable bonds is 6. The van der Waals surface area contributed by atoms with Crippen LogP contribution in [0.3, 0.4) is 0 Å². The van der Waals surface area contributed by atoms with Crippen LogP contribution in [0.5, 0.6) is 0 Å². The average Bonchev–Trinajstić information content (AvgIpc) is 3.64. The van der Waals surface area contributed by atoms with E-state index in [1.54, 1.807) is 30.9 Å². The van der Waals surface area contributed by atoms with Crippen LogP contribution in [0.2, 0.25) is 0 Å². The van der Waals surface area contributed by atoms with Crippen LogP contribution in [0.15, 0.2) is 61.4 Å². The van der Waals surface area contributed by atoms with Crippen LogP contribution in [0.25, 0.3) is 22.3 Å². The molecule has 1 aliphatic carbocycles. The molecule has 7 rings (SSSR count). The standard InChI is InChI=1S/C29H31FN10O/c1-29(31,19-2-4-21(30)5-3-19)20-14-32-28(33-15-20)39-10-8-38(9-11-39)27-22-12-23(37-26(22)34-17-35-27)18-13-36-40(16-18)24-6-7-25(24)41/h2-5,12-17,24-25,41H,6-11,31H2,1H3,(H,34,35,37)/t24?,25-,29+/m1/s1. The van der Waals surface area contributed by atoms with Crippen molar-refractivity contribution in [1.82, 2.24) is 34.7 Å². The molecule has 0 amide bonds. The smallest absolute Gasteiger partial charge is 0.225 e. The SMILES string of the molecule is C[C@](N)(c1ccc(F)cc1)c1cnc(N2CCN(c3ncnc4[nH]c(-c5cnn(C6CC[C@H]6O)c5)cc34)CC2)nc1. The van der Waals surface area contributed by atoms with Gasteiger partial charge in [0, 0.05) is 55.9 Å². The van der Waals surface area contributed by atoms with E-state index in [2.05, 4.69) is 45.9 Å². The second-order valence-corrected chi connectivity index (χ2v) is 11.0. The number of nitrogens with zero attached hydrogens (tertiary/aromatic N) is 8. The molecule has 1 saturated carbocycles. The molecule has 0 radical (unpaired) electrons. The molecule has 2 aliphatic rings. The van der Waals surface area contributed by atoms with E-state index in [9.17, 15) is 9.50 Å². The number of piperazine rings is 1. The summed E-state index contributed by atoms with van der Waals surface area (Å²) in [5.41, 5.74) is 9.93. The highest BCUT2D eigenvalue weighted by molar-refractivity contribution is 5.91. The first kappa shape index (κ1) is 25.5. The molecule has 5 heterocycles. The summed E-state index contributed by atoms with van der Waals surface area (Å²) in [4.78, 5) is 26.1. The molecule has 11 nitrogen and oxygen atoms in total. The zero-order valence-corrected chi connectivity index (χ0v) is 22.7. The predicted octanol–water partition coefficient (Wildman–Crippen LogP) is 3.00. The van der Waals surface area contributed by atoms with Gasteiger partial charge < -0.3 is 25.6 Å². The normalized spacial score (nSPS) is 20.7. The fraction of sp³-hybridized carbons (Fsp3) is 0.345. The molecule has 1 unspecified atom stereocenters. The Morgan fingerprint density at radius 1 is 0.951 bits per heavy atom. The number of halogens is 1. The number of aliphatic hydroxyl groups excluding tert-OH is 1. The molecule has 41 heavy (non-hydrogen) atoms. The minimum absolute atomic E-state index is 0.0505. The molecule has 1 aliphatic heterocycles. The van der Waals surface area contributed by atoms with E-state index < -0.39 is 5.54 Å². The van der Waals surface area contributed by atoms with Crippen molar-refractivity contribution >= 4 is 22.8 Å². The van der Waals surface area contributed by atoms with Crippen molar-refractivity contribution < 1.29 is 9.50 Å². The van der Waals surface area contributed by atoms with Crippen LogP contribution in [-0.4, -0.2) is 72.1 Å². The first-order valence-electron chi connectivity index (χ1n) is 13.8. The van der Waals surface area contributed by atoms with E-state index in [0.717, 1.165) is 78.3 Å². The van der Waals surface area contributed by atoms with E-state index in [-0.39, 0.29) is 18.0 Å². The third-order valence-corrected chi connectivity index (χ3v) is 8.40. The summed E-state index contributed by atoms with van der Waals surface area (Å²) in [6.07, 6.45) is 10.3. The minimum atomic E-state index is -0.837. The lowest BCUT2D eigenvalue weighted by molar-refractivity contribution is 0.0254. The molecule has 5 aromatic rings. The minimum Gasteiger partial charge on any atom is -0.391 e. The summed E-state index contributed by atoms with van der Waals surface area (Å²) < 4.78 is 15.2. The second kappa shape index (κ2) is 9.89. The molecule has 4 N–H and O–H groups in total. The lowest BCUT2D eigenvalue weighted by Crippen LogP contribution is -2.47. The van der Waals surface area contributed by atoms with Crippen LogP contribution in [0, 0.1) is 5.82 Å². The van der Waals surface area contributed by atoms with Crippen LogP contribution >= 0.6 is 0 Å². The highest BCUT2D eigenvalue weighted by Gasteiger charge is 2.31. The highest BCUT2D eigenvalue weighted by atomic mass is 19.1. The van der Waals surface area contributed by atoms with Gasteiger partial charge in [0.05, 0.1) is 35.0 Å². The Labute approximate surface area is 235 Å². The van der Waals surface area contributed by atoms with Crippen LogP contribution in [-0.2, 0) is 5.54 Å². The Hall–Kier alpha value is -4.42. The fourth-order valence-corrected chi connectivity index (χ4v) is 5.60. The maximum absolute atomic E-state index is 13.4. The first-order valence-corrected chi connectivity index (χ1v) is 13.8. The maximum atomic E-state index is 13.4. The molecule has 12 heteroatoms. The van der Waals surface area contributed by atoms with Gasteiger partial charge in [0.25, 0.3) is 0 Å².